The Bertz CT molecular complexity index is 588. The summed E-state index contributed by atoms with van der Waals surface area (Å²) in [6.07, 6.45) is 2.17. The third-order valence-electron chi connectivity index (χ3n) is 3.57. The first-order valence-electron chi connectivity index (χ1n) is 6.98. The van der Waals surface area contributed by atoms with Gasteiger partial charge in [0.25, 0.3) is 0 Å². The predicted octanol–water partition coefficient (Wildman–Crippen LogP) is 3.90. The van der Waals surface area contributed by atoms with Gasteiger partial charge in [0.1, 0.15) is 0 Å². The summed E-state index contributed by atoms with van der Waals surface area (Å²) in [5.41, 5.74) is 8.58. The van der Waals surface area contributed by atoms with E-state index in [2.05, 4.69) is 51.3 Å². The number of fused-ring (bicyclic) bond motifs is 1. The molecule has 0 saturated heterocycles. The summed E-state index contributed by atoms with van der Waals surface area (Å²) in [4.78, 5) is 4.83. The number of nitrogens with one attached hydrogen (secondary N) is 1. The quantitative estimate of drug-likeness (QED) is 0.645. The van der Waals surface area contributed by atoms with Crippen LogP contribution < -0.4 is 11.3 Å². The Morgan fingerprint density at radius 1 is 1.32 bits per heavy atom. The minimum atomic E-state index is 0.401. The zero-order valence-electron chi connectivity index (χ0n) is 12.2. The van der Waals surface area contributed by atoms with E-state index in [-0.39, 0.29) is 0 Å². The highest BCUT2D eigenvalue weighted by molar-refractivity contribution is 5.95. The molecule has 0 bridgehead atoms. The summed E-state index contributed by atoms with van der Waals surface area (Å²) < 4.78 is 0. The second-order valence-electron chi connectivity index (χ2n) is 5.35. The number of nitrogens with two attached hydrogens (primary N) is 1. The molecule has 0 amide bonds. The van der Waals surface area contributed by atoms with E-state index in [9.17, 15) is 0 Å². The average Bonchev–Trinajstić information content (AvgIpc) is 2.38. The van der Waals surface area contributed by atoms with Gasteiger partial charge in [0.2, 0.25) is 0 Å². The van der Waals surface area contributed by atoms with Crippen molar-refractivity contribution in [3.63, 3.8) is 0 Å². The number of hydrogen-bond acceptors (Lipinski definition) is 3. The number of benzene rings is 1. The van der Waals surface area contributed by atoms with Crippen LogP contribution in [0.5, 0.6) is 0 Å². The summed E-state index contributed by atoms with van der Waals surface area (Å²) in [5, 5.41) is 1.13. The second kappa shape index (κ2) is 5.57. The number of para-hydroxylation sites is 1. The van der Waals surface area contributed by atoms with Gasteiger partial charge < -0.3 is 5.43 Å². The second-order valence-corrected chi connectivity index (χ2v) is 5.35. The molecule has 3 nitrogen and oxygen atoms in total. The first-order chi connectivity index (χ1) is 9.10. The molecule has 19 heavy (non-hydrogen) atoms. The van der Waals surface area contributed by atoms with Gasteiger partial charge in [0.05, 0.1) is 11.2 Å². The fourth-order valence-corrected chi connectivity index (χ4v) is 2.81. The number of nitrogens with zero attached hydrogens (tertiary/aromatic N) is 1. The van der Waals surface area contributed by atoms with Crippen LogP contribution >= 0.6 is 0 Å². The number of hydrogen-bond donors (Lipinski definition) is 2. The van der Waals surface area contributed by atoms with Gasteiger partial charge in [-0.3, -0.25) is 10.8 Å². The molecule has 2 aromatic rings. The molecule has 1 heterocycles. The van der Waals surface area contributed by atoms with E-state index < -0.39 is 0 Å². The molecule has 0 aliphatic carbocycles. The molecule has 0 spiro atoms. The molecule has 0 aliphatic heterocycles. The predicted molar refractivity (Wildman–Crippen MR) is 82.4 cm³/mol. The average molecular weight is 257 g/mol. The maximum absolute atomic E-state index is 5.77. The van der Waals surface area contributed by atoms with Crippen molar-refractivity contribution in [1.82, 2.24) is 4.98 Å². The molecular weight excluding hydrogens is 234 g/mol. The molecule has 0 atom stereocenters. The first-order valence-corrected chi connectivity index (χ1v) is 6.98. The molecule has 0 unspecified atom stereocenters. The van der Waals surface area contributed by atoms with E-state index in [1.807, 2.05) is 0 Å². The van der Waals surface area contributed by atoms with E-state index in [1.165, 1.54) is 11.1 Å². The molecule has 1 aromatic heterocycles. The Morgan fingerprint density at radius 3 is 2.63 bits per heavy atom. The third-order valence-corrected chi connectivity index (χ3v) is 3.57. The summed E-state index contributed by atoms with van der Waals surface area (Å²) in [5.74, 6) is 6.17. The van der Waals surface area contributed by atoms with Gasteiger partial charge >= 0.3 is 0 Å². The van der Waals surface area contributed by atoms with Gasteiger partial charge in [-0.05, 0) is 24.8 Å². The third kappa shape index (κ3) is 2.43. The highest BCUT2D eigenvalue weighted by Crippen LogP contribution is 2.34. The largest absolute Gasteiger partial charge is 0.323 e. The van der Waals surface area contributed by atoms with E-state index in [0.717, 1.165) is 35.1 Å². The van der Waals surface area contributed by atoms with Crippen molar-refractivity contribution in [1.29, 1.82) is 0 Å². The normalized spacial score (nSPS) is 11.3. The summed E-state index contributed by atoms with van der Waals surface area (Å²) in [6.45, 7) is 8.60. The van der Waals surface area contributed by atoms with Crippen LogP contribution in [-0.2, 0) is 6.42 Å². The van der Waals surface area contributed by atoms with E-state index >= 15 is 0 Å². The smallest absolute Gasteiger partial charge is 0.0758 e. The van der Waals surface area contributed by atoms with E-state index in [4.69, 9.17) is 10.8 Å². The maximum atomic E-state index is 5.77. The standard InChI is InChI=1S/C16H23N3/c1-5-7-12-8-6-9-13-15(12)18-11(4)14(10(2)3)16(13)19-17/h6,8-10H,5,7,17H2,1-4H3,(H,18,19). The first kappa shape index (κ1) is 13.8. The van der Waals surface area contributed by atoms with Gasteiger partial charge in [0, 0.05) is 16.6 Å². The zero-order valence-corrected chi connectivity index (χ0v) is 12.2. The zero-order chi connectivity index (χ0) is 14.0. The minimum Gasteiger partial charge on any atom is -0.323 e. The SMILES string of the molecule is CCCc1cccc2c(NN)c(C(C)C)c(C)nc12. The fourth-order valence-electron chi connectivity index (χ4n) is 2.81. The number of anilines is 1. The Balaban J connectivity index is 2.80. The molecule has 0 saturated carbocycles. The minimum absolute atomic E-state index is 0.401. The lowest BCUT2D eigenvalue weighted by atomic mass is 9.95. The van der Waals surface area contributed by atoms with Crippen LogP contribution in [-0.4, -0.2) is 4.98 Å². The van der Waals surface area contributed by atoms with Gasteiger partial charge in [-0.2, -0.15) is 0 Å². The van der Waals surface area contributed by atoms with Crippen LogP contribution in [0, 0.1) is 6.92 Å². The lowest BCUT2D eigenvalue weighted by molar-refractivity contribution is 0.847. The van der Waals surface area contributed by atoms with Crippen LogP contribution in [0.25, 0.3) is 10.9 Å². The Morgan fingerprint density at radius 2 is 2.05 bits per heavy atom. The van der Waals surface area contributed by atoms with Crippen molar-refractivity contribution in [2.75, 3.05) is 5.43 Å². The van der Waals surface area contributed by atoms with Gasteiger partial charge in [0.15, 0.2) is 0 Å². The van der Waals surface area contributed by atoms with Crippen LogP contribution in [0.15, 0.2) is 18.2 Å². The molecule has 1 aromatic carbocycles. The van der Waals surface area contributed by atoms with Crippen molar-refractivity contribution in [3.05, 3.63) is 35.0 Å². The number of nitrogen functional groups attached to an aromatic ring is 1. The number of aryl methyl sites for hydroxylation is 2. The van der Waals surface area contributed by atoms with Crippen LogP contribution in [0.1, 0.15) is 49.9 Å². The number of aromatic nitrogens is 1. The van der Waals surface area contributed by atoms with E-state index in [0.29, 0.717) is 5.92 Å². The molecule has 0 radical (unpaired) electrons. The molecule has 3 N–H and O–H groups in total. The summed E-state index contributed by atoms with van der Waals surface area (Å²) >= 11 is 0. The molecular formula is C16H23N3. The number of pyridine rings is 1. The van der Waals surface area contributed by atoms with E-state index in [1.54, 1.807) is 0 Å². The van der Waals surface area contributed by atoms with Gasteiger partial charge in [-0.25, -0.2) is 0 Å². The monoisotopic (exact) mass is 257 g/mol. The molecule has 102 valence electrons. The van der Waals surface area contributed by atoms with Crippen molar-refractivity contribution < 1.29 is 0 Å². The number of hydrazine groups is 1. The Labute approximate surface area is 115 Å². The molecule has 0 fully saturated rings. The van der Waals surface area contributed by atoms with Crippen molar-refractivity contribution in [2.24, 2.45) is 5.84 Å². The topological polar surface area (TPSA) is 50.9 Å². The van der Waals surface area contributed by atoms with Crippen molar-refractivity contribution in [2.45, 2.75) is 46.5 Å². The highest BCUT2D eigenvalue weighted by Gasteiger charge is 2.16. The lowest BCUT2D eigenvalue weighted by Gasteiger charge is -2.18. The maximum Gasteiger partial charge on any atom is 0.0758 e. The Kier molecular flexibility index (Phi) is 4.05. The molecule has 0 aliphatic rings. The fraction of sp³-hybridized carbons (Fsp3) is 0.438. The van der Waals surface area contributed by atoms with Crippen LogP contribution in [0.2, 0.25) is 0 Å². The van der Waals surface area contributed by atoms with Crippen molar-refractivity contribution >= 4 is 16.6 Å². The number of rotatable bonds is 4. The lowest BCUT2D eigenvalue weighted by Crippen LogP contribution is -2.13. The van der Waals surface area contributed by atoms with Gasteiger partial charge in [-0.1, -0.05) is 45.4 Å². The van der Waals surface area contributed by atoms with Crippen molar-refractivity contribution in [3.8, 4) is 0 Å². The Hall–Kier alpha value is -1.61. The van der Waals surface area contributed by atoms with Gasteiger partial charge in [-0.15, -0.1) is 0 Å². The van der Waals surface area contributed by atoms with Crippen LogP contribution in [0.3, 0.4) is 0 Å². The van der Waals surface area contributed by atoms with Crippen LogP contribution in [0.4, 0.5) is 5.69 Å². The summed E-state index contributed by atoms with van der Waals surface area (Å²) in [6, 6.07) is 6.35. The summed E-state index contributed by atoms with van der Waals surface area (Å²) in [7, 11) is 0. The molecule has 2 rings (SSSR count). The molecule has 3 heteroatoms. The highest BCUT2D eigenvalue weighted by atomic mass is 15.2.